The summed E-state index contributed by atoms with van der Waals surface area (Å²) in [5.74, 6) is -0.373. The van der Waals surface area contributed by atoms with Crippen LogP contribution in [-0.4, -0.2) is 35.6 Å². The number of nitriles is 1. The predicted molar refractivity (Wildman–Crippen MR) is 129 cm³/mol. The molecule has 176 valence electrons. The Morgan fingerprint density at radius 1 is 1.00 bits per heavy atom. The van der Waals surface area contributed by atoms with Gasteiger partial charge in [-0.1, -0.05) is 54.1 Å². The quantitative estimate of drug-likeness (QED) is 0.377. The fraction of sp³-hybridized carbons (Fsp3) is 0.222. The van der Waals surface area contributed by atoms with Crippen molar-refractivity contribution in [3.8, 4) is 17.6 Å². The molecule has 34 heavy (non-hydrogen) atoms. The number of aryl methyl sites for hydroxylation is 1. The Morgan fingerprint density at radius 2 is 1.62 bits per heavy atom. The second-order valence-electron chi connectivity index (χ2n) is 7.42. The van der Waals surface area contributed by atoms with E-state index in [1.165, 1.54) is 0 Å². The molecule has 1 atom stereocenters. The van der Waals surface area contributed by atoms with Gasteiger partial charge >= 0.3 is 5.97 Å². The minimum atomic E-state index is -1.00. The number of benzene rings is 3. The van der Waals surface area contributed by atoms with Gasteiger partial charge < -0.3 is 25.1 Å². The summed E-state index contributed by atoms with van der Waals surface area (Å²) in [7, 11) is 1.00. The lowest BCUT2D eigenvalue weighted by Crippen LogP contribution is -2.11. The van der Waals surface area contributed by atoms with Gasteiger partial charge in [0.25, 0.3) is 0 Å². The van der Waals surface area contributed by atoms with Gasteiger partial charge in [0.05, 0.1) is 24.1 Å². The largest absolute Gasteiger partial charge is 0.489 e. The Balaban J connectivity index is 0.00000199. The first-order valence-electron chi connectivity index (χ1n) is 10.6. The van der Waals surface area contributed by atoms with Crippen LogP contribution < -0.4 is 9.47 Å². The summed E-state index contributed by atoms with van der Waals surface area (Å²) >= 11 is 0. The van der Waals surface area contributed by atoms with Gasteiger partial charge in [0.1, 0.15) is 24.7 Å². The van der Waals surface area contributed by atoms with Crippen molar-refractivity contribution in [1.82, 2.24) is 0 Å². The van der Waals surface area contributed by atoms with E-state index in [2.05, 4.69) is 0 Å². The molecule has 7 nitrogen and oxygen atoms in total. The number of nitrogens with zero attached hydrogens (tertiary/aromatic N) is 1. The molecule has 0 saturated heterocycles. The van der Waals surface area contributed by atoms with E-state index in [1.807, 2.05) is 61.5 Å². The average molecular weight is 461 g/mol. The van der Waals surface area contributed by atoms with Gasteiger partial charge in [-0.05, 0) is 47.9 Å². The monoisotopic (exact) mass is 460 g/mol. The predicted octanol–water partition coefficient (Wildman–Crippen LogP) is 4.71. The first-order chi connectivity index (χ1) is 16.4. The Morgan fingerprint density at radius 3 is 2.21 bits per heavy atom. The molecule has 0 bridgehead atoms. The normalized spacial score (nSPS) is 10.8. The summed E-state index contributed by atoms with van der Waals surface area (Å²) in [6, 6.07) is 24.2. The molecule has 3 rings (SSSR count). The Kier molecular flexibility index (Phi) is 10.3. The smallest absolute Gasteiger partial charge is 0.305 e. The molecule has 7 heteroatoms. The number of nitrogens with one attached hydrogen (secondary N) is 1. The Hall–Kier alpha value is -4.15. The van der Waals surface area contributed by atoms with E-state index in [-0.39, 0.29) is 13.0 Å². The van der Waals surface area contributed by atoms with Crippen molar-refractivity contribution in [2.75, 3.05) is 13.7 Å². The van der Waals surface area contributed by atoms with E-state index in [0.717, 1.165) is 23.8 Å². The zero-order valence-corrected chi connectivity index (χ0v) is 19.2. The van der Waals surface area contributed by atoms with E-state index >= 15 is 0 Å². The van der Waals surface area contributed by atoms with E-state index in [9.17, 15) is 4.79 Å². The number of hydrogen-bond donors (Lipinski definition) is 3. The molecule has 0 saturated carbocycles. The fourth-order valence-electron chi connectivity index (χ4n) is 3.13. The molecule has 0 aliphatic carbocycles. The van der Waals surface area contributed by atoms with Crippen LogP contribution in [0.4, 0.5) is 0 Å². The summed E-state index contributed by atoms with van der Waals surface area (Å²) in [6.45, 7) is 2.54. The van der Waals surface area contributed by atoms with Gasteiger partial charge in [0.15, 0.2) is 0 Å². The first-order valence-corrected chi connectivity index (χ1v) is 10.6. The zero-order chi connectivity index (χ0) is 24.9. The van der Waals surface area contributed by atoms with Crippen molar-refractivity contribution in [3.63, 3.8) is 0 Å². The number of carboxylic acid groups (broad SMARTS) is 1. The van der Waals surface area contributed by atoms with Gasteiger partial charge in [-0.15, -0.1) is 0 Å². The molecule has 0 heterocycles. The minimum Gasteiger partial charge on any atom is -0.489 e. The summed E-state index contributed by atoms with van der Waals surface area (Å²) in [5, 5.41) is 33.2. The van der Waals surface area contributed by atoms with Crippen LogP contribution in [0.15, 0.2) is 72.8 Å². The van der Waals surface area contributed by atoms with Crippen LogP contribution >= 0.6 is 0 Å². The van der Waals surface area contributed by atoms with Crippen molar-refractivity contribution >= 4 is 11.7 Å². The molecule has 0 fully saturated rings. The number of carbonyl (C=O) groups is 1. The van der Waals surface area contributed by atoms with Gasteiger partial charge in [-0.25, -0.2) is 0 Å². The third kappa shape index (κ3) is 8.08. The van der Waals surface area contributed by atoms with Crippen LogP contribution in [0.3, 0.4) is 0 Å². The molecule has 0 amide bonds. The second-order valence-corrected chi connectivity index (χ2v) is 7.42. The highest BCUT2D eigenvalue weighted by atomic mass is 16.5. The van der Waals surface area contributed by atoms with Gasteiger partial charge in [-0.2, -0.15) is 5.26 Å². The summed E-state index contributed by atoms with van der Waals surface area (Å²) in [4.78, 5) is 10.8. The second kappa shape index (κ2) is 13.4. The average Bonchev–Trinajstić information content (AvgIpc) is 2.86. The molecule has 0 aromatic heterocycles. The number of aliphatic hydroxyl groups excluding tert-OH is 1. The zero-order valence-electron chi connectivity index (χ0n) is 19.2. The molecular weight excluding hydrogens is 432 g/mol. The van der Waals surface area contributed by atoms with Crippen molar-refractivity contribution in [3.05, 3.63) is 95.1 Å². The SMILES string of the molecule is CO.Cc1cccc(C(=N)COc2ccc(COc3ccc(C(C#N)CC(=O)O)cc3)cc2)c1. The van der Waals surface area contributed by atoms with Gasteiger partial charge in [0, 0.05) is 7.11 Å². The van der Waals surface area contributed by atoms with Gasteiger partial charge in [-0.3, -0.25) is 4.79 Å². The Bertz CT molecular complexity index is 1120. The molecule has 0 aliphatic heterocycles. The van der Waals surface area contributed by atoms with Crippen LogP contribution in [0.25, 0.3) is 0 Å². The maximum absolute atomic E-state index is 10.8. The lowest BCUT2D eigenvalue weighted by molar-refractivity contribution is -0.137. The van der Waals surface area contributed by atoms with Crippen molar-refractivity contribution in [2.24, 2.45) is 0 Å². The Labute approximate surface area is 199 Å². The number of hydrogen-bond acceptors (Lipinski definition) is 6. The lowest BCUT2D eigenvalue weighted by Gasteiger charge is -2.11. The van der Waals surface area contributed by atoms with Crippen molar-refractivity contribution in [2.45, 2.75) is 25.9 Å². The molecule has 0 spiro atoms. The standard InChI is InChI=1S/C26H24N2O4.CH4O/c1-18-3-2-4-21(13-18)25(28)17-32-23-9-5-19(6-10-23)16-31-24-11-7-20(8-12-24)22(15-27)14-26(29)30;1-2/h2-13,22,28H,14,16-17H2,1H3,(H,29,30);2H,1H3. The topological polar surface area (TPSA) is 124 Å². The summed E-state index contributed by atoms with van der Waals surface area (Å²) < 4.78 is 11.5. The van der Waals surface area contributed by atoms with Crippen LogP contribution in [0.5, 0.6) is 11.5 Å². The minimum absolute atomic E-state index is 0.192. The lowest BCUT2D eigenvalue weighted by atomic mass is 9.97. The van der Waals surface area contributed by atoms with E-state index < -0.39 is 11.9 Å². The number of rotatable bonds is 10. The van der Waals surface area contributed by atoms with Crippen molar-refractivity contribution < 1.29 is 24.5 Å². The third-order valence-corrected chi connectivity index (χ3v) is 4.90. The molecule has 3 aromatic rings. The number of ether oxygens (including phenoxy) is 2. The van der Waals surface area contributed by atoms with Crippen molar-refractivity contribution in [1.29, 1.82) is 10.7 Å². The highest BCUT2D eigenvalue weighted by Crippen LogP contribution is 2.23. The van der Waals surface area contributed by atoms with E-state index in [4.69, 9.17) is 30.4 Å². The number of carboxylic acids is 1. The van der Waals surface area contributed by atoms with Crippen LogP contribution in [0, 0.1) is 23.7 Å². The number of aliphatic carboxylic acids is 1. The van der Waals surface area contributed by atoms with Crippen LogP contribution in [0.2, 0.25) is 0 Å². The summed E-state index contributed by atoms with van der Waals surface area (Å²) in [5.41, 5.74) is 3.99. The first kappa shape index (κ1) is 26.1. The summed E-state index contributed by atoms with van der Waals surface area (Å²) in [6.07, 6.45) is -0.227. The third-order valence-electron chi connectivity index (χ3n) is 4.90. The molecule has 3 N–H and O–H groups in total. The molecule has 3 aromatic carbocycles. The van der Waals surface area contributed by atoms with E-state index in [0.29, 0.717) is 29.4 Å². The molecular formula is C27H28N2O5. The molecule has 0 aliphatic rings. The van der Waals surface area contributed by atoms with E-state index in [1.54, 1.807) is 24.3 Å². The van der Waals surface area contributed by atoms with Crippen LogP contribution in [-0.2, 0) is 11.4 Å². The molecule has 0 radical (unpaired) electrons. The maximum Gasteiger partial charge on any atom is 0.305 e. The van der Waals surface area contributed by atoms with Crippen LogP contribution in [0.1, 0.15) is 34.6 Å². The number of aliphatic hydroxyl groups is 1. The maximum atomic E-state index is 10.8. The highest BCUT2D eigenvalue weighted by Gasteiger charge is 2.14. The molecule has 1 unspecified atom stereocenters. The van der Waals surface area contributed by atoms with Gasteiger partial charge in [0.2, 0.25) is 0 Å². The fourth-order valence-corrected chi connectivity index (χ4v) is 3.13. The highest BCUT2D eigenvalue weighted by molar-refractivity contribution is 5.99.